The molecule has 7 nitrogen and oxygen atoms in total. The number of nitrogens with zero attached hydrogens (tertiary/aromatic N) is 2. The van der Waals surface area contributed by atoms with Crippen molar-refractivity contribution in [3.05, 3.63) is 75.9 Å². The summed E-state index contributed by atoms with van der Waals surface area (Å²) in [7, 11) is -3.93. The Balaban J connectivity index is 1.69. The number of amides is 2. The smallest absolute Gasteiger partial charge is 0.268 e. The number of sulfonamides is 1. The van der Waals surface area contributed by atoms with Crippen LogP contribution in [0.5, 0.6) is 0 Å². The van der Waals surface area contributed by atoms with Crippen LogP contribution in [0.25, 0.3) is 0 Å². The fraction of sp³-hybridized carbons (Fsp3) is 0.200. The monoisotopic (exact) mass is 430 g/mol. The van der Waals surface area contributed by atoms with Gasteiger partial charge in [-0.05, 0) is 48.7 Å². The first-order valence-corrected chi connectivity index (χ1v) is 11.3. The van der Waals surface area contributed by atoms with Crippen LogP contribution in [0.15, 0.2) is 63.4 Å². The zero-order valence-electron chi connectivity index (χ0n) is 15.6. The van der Waals surface area contributed by atoms with Crippen LogP contribution in [0, 0.1) is 0 Å². The number of fused-ring (bicyclic) bond motifs is 1. The van der Waals surface area contributed by atoms with Crippen molar-refractivity contribution in [1.82, 2.24) is 9.21 Å². The van der Waals surface area contributed by atoms with Crippen LogP contribution >= 0.6 is 11.3 Å². The number of carbonyl (C=O) groups excluding carboxylic acids is 2. The standard InChI is InChI=1S/C20H18N2O5S2/c1-2-22-20(24)17-8-7-14(11-18(17)29(22,25)26)19(23)21(12-15-5-3-9-27-15)13-16-6-4-10-28-16/h3-11H,2,12-13H2,1H3. The second-order valence-electron chi connectivity index (χ2n) is 6.51. The van der Waals surface area contributed by atoms with Crippen molar-refractivity contribution in [2.45, 2.75) is 24.9 Å². The minimum absolute atomic E-state index is 0.0438. The van der Waals surface area contributed by atoms with Crippen molar-refractivity contribution in [1.29, 1.82) is 0 Å². The first kappa shape index (κ1) is 19.4. The van der Waals surface area contributed by atoms with Crippen molar-refractivity contribution in [3.63, 3.8) is 0 Å². The molecule has 3 aromatic rings. The van der Waals surface area contributed by atoms with Gasteiger partial charge in [-0.15, -0.1) is 11.3 Å². The molecule has 4 rings (SSSR count). The summed E-state index contributed by atoms with van der Waals surface area (Å²) >= 11 is 1.53. The lowest BCUT2D eigenvalue weighted by Gasteiger charge is -2.21. The summed E-state index contributed by atoms with van der Waals surface area (Å²) in [4.78, 5) is 28.0. The maximum atomic E-state index is 13.2. The highest BCUT2D eigenvalue weighted by Gasteiger charge is 2.40. The van der Waals surface area contributed by atoms with Gasteiger partial charge in [0.05, 0.1) is 24.9 Å². The van der Waals surface area contributed by atoms with E-state index in [0.29, 0.717) is 12.3 Å². The quantitative estimate of drug-likeness (QED) is 0.598. The summed E-state index contributed by atoms with van der Waals surface area (Å²) < 4.78 is 31.5. The highest BCUT2D eigenvalue weighted by Crippen LogP contribution is 2.31. The van der Waals surface area contributed by atoms with E-state index in [0.717, 1.165) is 9.18 Å². The largest absolute Gasteiger partial charge is 0.467 e. The van der Waals surface area contributed by atoms with Crippen LogP contribution < -0.4 is 0 Å². The lowest BCUT2D eigenvalue weighted by Crippen LogP contribution is -2.30. The fourth-order valence-corrected chi connectivity index (χ4v) is 5.61. The van der Waals surface area contributed by atoms with Crippen molar-refractivity contribution >= 4 is 33.2 Å². The van der Waals surface area contributed by atoms with Crippen LogP contribution in [0.3, 0.4) is 0 Å². The van der Waals surface area contributed by atoms with Gasteiger partial charge in [0, 0.05) is 17.0 Å². The zero-order chi connectivity index (χ0) is 20.6. The van der Waals surface area contributed by atoms with Crippen LogP contribution in [-0.2, 0) is 23.1 Å². The van der Waals surface area contributed by atoms with E-state index in [4.69, 9.17) is 4.42 Å². The van der Waals surface area contributed by atoms with Crippen molar-refractivity contribution in [3.8, 4) is 0 Å². The van der Waals surface area contributed by atoms with Gasteiger partial charge >= 0.3 is 0 Å². The molecular formula is C20H18N2O5S2. The average Bonchev–Trinajstić information content (AvgIpc) is 3.43. The molecule has 9 heteroatoms. The highest BCUT2D eigenvalue weighted by atomic mass is 32.2. The average molecular weight is 431 g/mol. The highest BCUT2D eigenvalue weighted by molar-refractivity contribution is 7.90. The Morgan fingerprint density at radius 3 is 2.66 bits per heavy atom. The summed E-state index contributed by atoms with van der Waals surface area (Å²) in [5.74, 6) is -0.279. The topological polar surface area (TPSA) is 87.9 Å². The Hall–Kier alpha value is -2.91. The van der Waals surface area contributed by atoms with Gasteiger partial charge in [0.1, 0.15) is 10.7 Å². The summed E-state index contributed by atoms with van der Waals surface area (Å²) in [5, 5.41) is 1.93. The van der Waals surface area contributed by atoms with Gasteiger partial charge < -0.3 is 9.32 Å². The third kappa shape index (κ3) is 3.47. The molecule has 0 fully saturated rings. The van der Waals surface area contributed by atoms with Gasteiger partial charge in [-0.3, -0.25) is 9.59 Å². The molecule has 3 heterocycles. The number of thiophene rings is 1. The molecule has 0 bridgehead atoms. The molecule has 2 aromatic heterocycles. The number of rotatable bonds is 6. The lowest BCUT2D eigenvalue weighted by molar-refractivity contribution is 0.0718. The van der Waals surface area contributed by atoms with Gasteiger partial charge in [-0.1, -0.05) is 6.07 Å². The van der Waals surface area contributed by atoms with Gasteiger partial charge in [0.15, 0.2) is 0 Å². The SMILES string of the molecule is CCN1C(=O)c2ccc(C(=O)N(Cc3ccco3)Cc3cccs3)cc2S1(=O)=O. The third-order valence-electron chi connectivity index (χ3n) is 4.68. The summed E-state index contributed by atoms with van der Waals surface area (Å²) in [6.45, 7) is 2.25. The van der Waals surface area contributed by atoms with Crippen molar-refractivity contribution in [2.24, 2.45) is 0 Å². The molecule has 0 atom stereocenters. The molecule has 150 valence electrons. The van der Waals surface area contributed by atoms with Gasteiger partial charge in [-0.2, -0.15) is 0 Å². The molecule has 1 aliphatic rings. The van der Waals surface area contributed by atoms with Crippen LogP contribution in [0.4, 0.5) is 0 Å². The van der Waals surface area contributed by atoms with E-state index in [1.807, 2.05) is 17.5 Å². The van der Waals surface area contributed by atoms with Crippen molar-refractivity contribution < 1.29 is 22.4 Å². The van der Waals surface area contributed by atoms with E-state index >= 15 is 0 Å². The summed E-state index contributed by atoms with van der Waals surface area (Å²) in [6, 6.07) is 11.6. The number of hydrogen-bond donors (Lipinski definition) is 0. The molecule has 0 N–H and O–H groups in total. The minimum Gasteiger partial charge on any atom is -0.467 e. The Morgan fingerprint density at radius 2 is 2.00 bits per heavy atom. The number of benzene rings is 1. The van der Waals surface area contributed by atoms with E-state index in [1.165, 1.54) is 35.8 Å². The zero-order valence-corrected chi connectivity index (χ0v) is 17.2. The molecule has 2 amide bonds. The molecule has 29 heavy (non-hydrogen) atoms. The number of carbonyl (C=O) groups is 2. The van der Waals surface area contributed by atoms with Crippen LogP contribution in [0.1, 0.15) is 38.3 Å². The summed E-state index contributed by atoms with van der Waals surface area (Å²) in [6.07, 6.45) is 1.54. The molecule has 0 radical (unpaired) electrons. The Labute approximate surface area is 172 Å². The predicted molar refractivity (Wildman–Crippen MR) is 107 cm³/mol. The molecular weight excluding hydrogens is 412 g/mol. The maximum absolute atomic E-state index is 13.2. The van der Waals surface area contributed by atoms with E-state index in [1.54, 1.807) is 24.0 Å². The molecule has 0 aliphatic carbocycles. The first-order valence-electron chi connectivity index (χ1n) is 8.97. The van der Waals surface area contributed by atoms with Crippen LogP contribution in [-0.4, -0.2) is 36.0 Å². The Kier molecular flexibility index (Phi) is 5.01. The predicted octanol–water partition coefficient (Wildman–Crippen LogP) is 3.35. The van der Waals surface area contributed by atoms with Crippen molar-refractivity contribution in [2.75, 3.05) is 6.54 Å². The number of furan rings is 1. The van der Waals surface area contributed by atoms with Gasteiger partial charge in [-0.25, -0.2) is 12.7 Å². The second kappa shape index (κ2) is 7.49. The Bertz CT molecular complexity index is 1120. The maximum Gasteiger partial charge on any atom is 0.268 e. The first-order chi connectivity index (χ1) is 13.9. The Morgan fingerprint density at radius 1 is 1.17 bits per heavy atom. The fourth-order valence-electron chi connectivity index (χ4n) is 3.28. The van der Waals surface area contributed by atoms with E-state index in [2.05, 4.69) is 0 Å². The molecule has 1 aromatic carbocycles. The molecule has 0 unspecified atom stereocenters. The molecule has 0 saturated carbocycles. The van der Waals surface area contributed by atoms with E-state index < -0.39 is 15.9 Å². The summed E-state index contributed by atoms with van der Waals surface area (Å²) in [5.41, 5.74) is 0.306. The molecule has 1 aliphatic heterocycles. The molecule has 0 saturated heterocycles. The van der Waals surface area contributed by atoms with Gasteiger partial charge in [0.2, 0.25) is 0 Å². The van der Waals surface area contributed by atoms with Gasteiger partial charge in [0.25, 0.3) is 21.8 Å². The minimum atomic E-state index is -3.93. The van der Waals surface area contributed by atoms with E-state index in [-0.39, 0.29) is 35.0 Å². The third-order valence-corrected chi connectivity index (χ3v) is 7.44. The molecule has 0 spiro atoms. The number of hydrogen-bond acceptors (Lipinski definition) is 6. The lowest BCUT2D eigenvalue weighted by atomic mass is 10.1. The normalized spacial score (nSPS) is 14.8. The van der Waals surface area contributed by atoms with Crippen LogP contribution in [0.2, 0.25) is 0 Å². The van der Waals surface area contributed by atoms with E-state index in [9.17, 15) is 18.0 Å². The second-order valence-corrected chi connectivity index (χ2v) is 9.37.